The van der Waals surface area contributed by atoms with Crippen LogP contribution in [0.5, 0.6) is 0 Å². The lowest BCUT2D eigenvalue weighted by molar-refractivity contribution is -0.137. The molecular formula is C18H16ClF4N3O3S. The number of sulfonamides is 1. The molecule has 6 nitrogen and oxygen atoms in total. The lowest BCUT2D eigenvalue weighted by Gasteiger charge is -2.32. The van der Waals surface area contributed by atoms with Gasteiger partial charge in [0.1, 0.15) is 16.5 Å². The van der Waals surface area contributed by atoms with Crippen LogP contribution in [0.3, 0.4) is 0 Å². The molecule has 0 saturated carbocycles. The second kappa shape index (κ2) is 8.38. The number of benzene rings is 1. The lowest BCUT2D eigenvalue weighted by atomic mass is 9.96. The fraction of sp³-hybridized carbons (Fsp3) is 0.333. The first-order chi connectivity index (χ1) is 14.0. The maximum atomic E-state index is 13.7. The number of aromatic nitrogens is 1. The van der Waals surface area contributed by atoms with Crippen LogP contribution < -0.4 is 9.62 Å². The van der Waals surface area contributed by atoms with Crippen molar-refractivity contribution in [3.8, 4) is 0 Å². The molecule has 30 heavy (non-hydrogen) atoms. The zero-order chi connectivity index (χ0) is 22.1. The monoisotopic (exact) mass is 465 g/mol. The number of nitrogens with one attached hydrogen (secondary N) is 1. The Kier molecular flexibility index (Phi) is 6.23. The molecule has 0 atom stereocenters. The highest BCUT2D eigenvalue weighted by molar-refractivity contribution is 7.90. The fourth-order valence-electron chi connectivity index (χ4n) is 3.11. The summed E-state index contributed by atoms with van der Waals surface area (Å²) in [5.41, 5.74) is -0.969. The van der Waals surface area contributed by atoms with Crippen LogP contribution in [0.4, 0.5) is 23.4 Å². The third-order valence-corrected chi connectivity index (χ3v) is 6.33. The van der Waals surface area contributed by atoms with Gasteiger partial charge in [-0.25, -0.2) is 22.5 Å². The van der Waals surface area contributed by atoms with Crippen LogP contribution in [0.1, 0.15) is 18.4 Å². The molecule has 1 aromatic heterocycles. The van der Waals surface area contributed by atoms with Crippen LogP contribution in [0.2, 0.25) is 5.02 Å². The van der Waals surface area contributed by atoms with Crippen LogP contribution in [0.25, 0.3) is 0 Å². The molecule has 0 bridgehead atoms. The summed E-state index contributed by atoms with van der Waals surface area (Å²) in [5, 5.41) is -0.171. The molecule has 3 rings (SSSR count). The molecule has 2 aromatic rings. The van der Waals surface area contributed by atoms with Crippen molar-refractivity contribution < 1.29 is 30.8 Å². The summed E-state index contributed by atoms with van der Waals surface area (Å²) < 4.78 is 78.3. The molecule has 1 fully saturated rings. The highest BCUT2D eigenvalue weighted by Gasteiger charge is 2.33. The number of rotatable bonds is 4. The van der Waals surface area contributed by atoms with E-state index < -0.39 is 44.3 Å². The number of carbonyl (C=O) groups is 1. The van der Waals surface area contributed by atoms with E-state index in [9.17, 15) is 30.8 Å². The van der Waals surface area contributed by atoms with E-state index >= 15 is 0 Å². The van der Waals surface area contributed by atoms with Crippen molar-refractivity contribution in [2.24, 2.45) is 5.92 Å². The van der Waals surface area contributed by atoms with E-state index in [1.54, 1.807) is 4.90 Å². The van der Waals surface area contributed by atoms with Gasteiger partial charge in [-0.1, -0.05) is 23.7 Å². The number of piperidine rings is 1. The summed E-state index contributed by atoms with van der Waals surface area (Å²) in [7, 11) is -4.36. The van der Waals surface area contributed by atoms with Gasteiger partial charge in [-0.2, -0.15) is 13.2 Å². The van der Waals surface area contributed by atoms with Crippen LogP contribution in [-0.4, -0.2) is 32.4 Å². The molecule has 0 radical (unpaired) electrons. The molecule has 1 amide bonds. The van der Waals surface area contributed by atoms with Gasteiger partial charge in [-0.05, 0) is 31.0 Å². The zero-order valence-corrected chi connectivity index (χ0v) is 16.9. The highest BCUT2D eigenvalue weighted by Crippen LogP contribution is 2.34. The molecular weight excluding hydrogens is 450 g/mol. The number of hydrogen-bond donors (Lipinski definition) is 1. The average Bonchev–Trinajstić information content (AvgIpc) is 2.67. The van der Waals surface area contributed by atoms with Gasteiger partial charge in [-0.3, -0.25) is 4.79 Å². The average molecular weight is 466 g/mol. The van der Waals surface area contributed by atoms with Crippen molar-refractivity contribution in [3.63, 3.8) is 0 Å². The fourth-order valence-corrected chi connectivity index (χ4v) is 4.52. The topological polar surface area (TPSA) is 79.4 Å². The molecule has 1 aromatic carbocycles. The number of hydrogen-bond acceptors (Lipinski definition) is 5. The molecule has 0 aliphatic carbocycles. The van der Waals surface area contributed by atoms with Crippen molar-refractivity contribution in [3.05, 3.63) is 52.9 Å². The van der Waals surface area contributed by atoms with Gasteiger partial charge < -0.3 is 4.90 Å². The molecule has 2 heterocycles. The summed E-state index contributed by atoms with van der Waals surface area (Å²) >= 11 is 5.94. The number of nitrogens with zero attached hydrogens (tertiary/aromatic N) is 2. The van der Waals surface area contributed by atoms with E-state index in [-0.39, 0.29) is 36.8 Å². The van der Waals surface area contributed by atoms with Crippen molar-refractivity contribution in [2.45, 2.75) is 23.9 Å². The van der Waals surface area contributed by atoms with Crippen molar-refractivity contribution in [1.82, 2.24) is 9.71 Å². The van der Waals surface area contributed by atoms with Gasteiger partial charge in [0, 0.05) is 25.2 Å². The van der Waals surface area contributed by atoms with Gasteiger partial charge in [0.2, 0.25) is 5.91 Å². The minimum absolute atomic E-state index is 0.155. The first-order valence-corrected chi connectivity index (χ1v) is 10.6. The Labute approximate surface area is 174 Å². The molecule has 1 saturated heterocycles. The predicted octanol–water partition coefficient (Wildman–Crippen LogP) is 3.61. The lowest BCUT2D eigenvalue weighted by Crippen LogP contribution is -2.42. The highest BCUT2D eigenvalue weighted by atomic mass is 35.5. The van der Waals surface area contributed by atoms with Gasteiger partial charge in [-0.15, -0.1) is 0 Å². The SMILES string of the molecule is O=C(NS(=O)(=O)c1ccccc1F)C1CCN(c2ncc(C(F)(F)F)cc2Cl)CC1. The molecule has 1 aliphatic rings. The molecule has 0 unspecified atom stereocenters. The maximum Gasteiger partial charge on any atom is 0.417 e. The Morgan fingerprint density at radius 3 is 2.40 bits per heavy atom. The van der Waals surface area contributed by atoms with E-state index in [0.717, 1.165) is 18.2 Å². The summed E-state index contributed by atoms with van der Waals surface area (Å²) in [6.07, 6.45) is -3.44. The van der Waals surface area contributed by atoms with E-state index in [2.05, 4.69) is 4.98 Å². The number of carbonyl (C=O) groups excluding carboxylic acids is 1. The Balaban J connectivity index is 1.64. The van der Waals surface area contributed by atoms with Crippen LogP contribution in [-0.2, 0) is 21.0 Å². The van der Waals surface area contributed by atoms with Crippen LogP contribution >= 0.6 is 11.6 Å². The van der Waals surface area contributed by atoms with Crippen LogP contribution in [0, 0.1) is 11.7 Å². The second-order valence-corrected chi connectivity index (χ2v) is 8.75. The van der Waals surface area contributed by atoms with Crippen molar-refractivity contribution >= 4 is 33.3 Å². The largest absolute Gasteiger partial charge is 0.417 e. The summed E-state index contributed by atoms with van der Waals surface area (Å²) in [4.78, 5) is 17.1. The molecule has 0 spiro atoms. The first kappa shape index (κ1) is 22.3. The summed E-state index contributed by atoms with van der Waals surface area (Å²) in [5.74, 6) is -2.27. The molecule has 12 heteroatoms. The smallest absolute Gasteiger partial charge is 0.355 e. The van der Waals surface area contributed by atoms with E-state index in [1.165, 1.54) is 12.1 Å². The third-order valence-electron chi connectivity index (χ3n) is 4.68. The Morgan fingerprint density at radius 2 is 1.83 bits per heavy atom. The van der Waals surface area contributed by atoms with Gasteiger partial charge in [0.05, 0.1) is 10.6 Å². The van der Waals surface area contributed by atoms with Gasteiger partial charge >= 0.3 is 6.18 Å². The number of halogens is 5. The van der Waals surface area contributed by atoms with E-state index in [1.807, 2.05) is 4.72 Å². The minimum Gasteiger partial charge on any atom is -0.355 e. The normalized spacial score (nSPS) is 15.8. The molecule has 1 N–H and O–H groups in total. The summed E-state index contributed by atoms with van der Waals surface area (Å²) in [6.45, 7) is 0.464. The van der Waals surface area contributed by atoms with Gasteiger partial charge in [0.25, 0.3) is 10.0 Å². The summed E-state index contributed by atoms with van der Waals surface area (Å²) in [6, 6.07) is 5.46. The van der Waals surface area contributed by atoms with Gasteiger partial charge in [0.15, 0.2) is 0 Å². The van der Waals surface area contributed by atoms with Crippen LogP contribution in [0.15, 0.2) is 41.4 Å². The van der Waals surface area contributed by atoms with E-state index in [0.29, 0.717) is 6.20 Å². The maximum absolute atomic E-state index is 13.7. The quantitative estimate of drug-likeness (QED) is 0.698. The second-order valence-electron chi connectivity index (χ2n) is 6.69. The van der Waals surface area contributed by atoms with Crippen molar-refractivity contribution in [1.29, 1.82) is 0 Å². The number of alkyl halides is 3. The number of pyridine rings is 1. The standard InChI is InChI=1S/C18H16ClF4N3O3S/c19-13-9-12(18(21,22)23)10-24-16(13)26-7-5-11(6-8-26)17(27)25-30(28,29)15-4-2-1-3-14(15)20/h1-4,9-11H,5-8H2,(H,25,27). The third kappa shape index (κ3) is 4.84. The van der Waals surface area contributed by atoms with E-state index in [4.69, 9.17) is 11.6 Å². The number of amides is 1. The number of anilines is 1. The minimum atomic E-state index is -4.57. The van der Waals surface area contributed by atoms with Crippen molar-refractivity contribution in [2.75, 3.05) is 18.0 Å². The Morgan fingerprint density at radius 1 is 1.20 bits per heavy atom. The molecule has 162 valence electrons. The molecule has 1 aliphatic heterocycles. The predicted molar refractivity (Wildman–Crippen MR) is 101 cm³/mol. The first-order valence-electron chi connectivity index (χ1n) is 8.78. The Bertz CT molecular complexity index is 1050. The zero-order valence-electron chi connectivity index (χ0n) is 15.3. The Hall–Kier alpha value is -2.40.